The number of carbonyl (C=O) groups excluding carboxylic acids is 1. The van der Waals surface area contributed by atoms with Gasteiger partial charge in [0, 0.05) is 5.69 Å². The average Bonchev–Trinajstić information content (AvgIpc) is 3.31. The number of amides is 1. The SMILES string of the molecule is O=C(O)c1cn(-c2cccc(NC(=O)C3CC4CCC3O4)c2)nn1. The van der Waals surface area contributed by atoms with E-state index in [1.165, 1.54) is 10.9 Å². The standard InChI is InChI=1S/C16H16N4O4/c21-15(12-7-11-4-5-14(12)24-11)17-9-2-1-3-10(6-9)20-8-13(16(22)23)18-19-20/h1-3,6,8,11-12,14H,4-5,7H2,(H,17,21)(H,22,23). The van der Waals surface area contributed by atoms with E-state index in [4.69, 9.17) is 9.84 Å². The lowest BCUT2D eigenvalue weighted by molar-refractivity contribution is -0.121. The summed E-state index contributed by atoms with van der Waals surface area (Å²) < 4.78 is 7.08. The molecule has 8 heteroatoms. The van der Waals surface area contributed by atoms with Crippen LogP contribution in [0.5, 0.6) is 0 Å². The number of ether oxygens (including phenoxy) is 1. The quantitative estimate of drug-likeness (QED) is 0.880. The van der Waals surface area contributed by atoms with Crippen molar-refractivity contribution in [1.29, 1.82) is 0 Å². The minimum atomic E-state index is -1.14. The molecule has 3 heterocycles. The van der Waals surface area contributed by atoms with Crippen LogP contribution in [-0.2, 0) is 9.53 Å². The fourth-order valence-electron chi connectivity index (χ4n) is 3.36. The summed E-state index contributed by atoms with van der Waals surface area (Å²) >= 11 is 0. The number of aromatic carboxylic acids is 1. The van der Waals surface area contributed by atoms with E-state index in [1.54, 1.807) is 24.3 Å². The molecule has 2 saturated heterocycles. The van der Waals surface area contributed by atoms with Crippen molar-refractivity contribution in [2.45, 2.75) is 31.5 Å². The third-order valence-electron chi connectivity index (χ3n) is 4.53. The van der Waals surface area contributed by atoms with Crippen LogP contribution in [0, 0.1) is 5.92 Å². The van der Waals surface area contributed by atoms with Crippen molar-refractivity contribution in [3.05, 3.63) is 36.2 Å². The maximum absolute atomic E-state index is 12.4. The van der Waals surface area contributed by atoms with Gasteiger partial charge < -0.3 is 15.2 Å². The Balaban J connectivity index is 1.50. The van der Waals surface area contributed by atoms with Crippen LogP contribution >= 0.6 is 0 Å². The number of fused-ring (bicyclic) bond motifs is 2. The highest BCUT2D eigenvalue weighted by atomic mass is 16.5. The van der Waals surface area contributed by atoms with Gasteiger partial charge in [-0.2, -0.15) is 0 Å². The van der Waals surface area contributed by atoms with Crippen molar-refractivity contribution >= 4 is 17.6 Å². The summed E-state index contributed by atoms with van der Waals surface area (Å²) in [5, 5.41) is 19.2. The Bertz CT molecular complexity index is 803. The monoisotopic (exact) mass is 328 g/mol. The van der Waals surface area contributed by atoms with Gasteiger partial charge in [-0.15, -0.1) is 5.10 Å². The maximum Gasteiger partial charge on any atom is 0.358 e. The number of aromatic nitrogens is 3. The van der Waals surface area contributed by atoms with Crippen LogP contribution in [0.1, 0.15) is 29.8 Å². The molecule has 24 heavy (non-hydrogen) atoms. The fraction of sp³-hybridized carbons (Fsp3) is 0.375. The smallest absolute Gasteiger partial charge is 0.358 e. The average molecular weight is 328 g/mol. The number of benzene rings is 1. The summed E-state index contributed by atoms with van der Waals surface area (Å²) in [6.07, 6.45) is 4.35. The second kappa shape index (κ2) is 5.72. The van der Waals surface area contributed by atoms with Crippen LogP contribution in [0.25, 0.3) is 5.69 Å². The van der Waals surface area contributed by atoms with Crippen molar-refractivity contribution in [2.24, 2.45) is 5.92 Å². The van der Waals surface area contributed by atoms with Gasteiger partial charge >= 0.3 is 5.97 Å². The summed E-state index contributed by atoms with van der Waals surface area (Å²) in [6.45, 7) is 0. The Morgan fingerprint density at radius 3 is 2.88 bits per heavy atom. The minimum Gasteiger partial charge on any atom is -0.476 e. The number of nitrogens with zero attached hydrogens (tertiary/aromatic N) is 3. The molecule has 3 atom stereocenters. The predicted molar refractivity (Wildman–Crippen MR) is 83.0 cm³/mol. The third-order valence-corrected chi connectivity index (χ3v) is 4.53. The lowest BCUT2D eigenvalue weighted by atomic mass is 9.88. The summed E-state index contributed by atoms with van der Waals surface area (Å²) in [5.74, 6) is -1.27. The van der Waals surface area contributed by atoms with Gasteiger partial charge in [-0.05, 0) is 37.5 Å². The summed E-state index contributed by atoms with van der Waals surface area (Å²) in [7, 11) is 0. The summed E-state index contributed by atoms with van der Waals surface area (Å²) in [6, 6.07) is 7.04. The largest absolute Gasteiger partial charge is 0.476 e. The number of carboxylic acid groups (broad SMARTS) is 1. The number of hydrogen-bond donors (Lipinski definition) is 2. The van der Waals surface area contributed by atoms with Crippen molar-refractivity contribution in [3.63, 3.8) is 0 Å². The fourth-order valence-corrected chi connectivity index (χ4v) is 3.36. The number of carboxylic acids is 1. The topological polar surface area (TPSA) is 106 Å². The van der Waals surface area contributed by atoms with Crippen LogP contribution in [0.4, 0.5) is 5.69 Å². The van der Waals surface area contributed by atoms with Gasteiger partial charge in [0.05, 0.1) is 30.0 Å². The Labute approximate surface area is 137 Å². The van der Waals surface area contributed by atoms with Crippen molar-refractivity contribution in [1.82, 2.24) is 15.0 Å². The number of carbonyl (C=O) groups is 2. The van der Waals surface area contributed by atoms with Gasteiger partial charge in [0.2, 0.25) is 5.91 Å². The molecule has 0 radical (unpaired) electrons. The molecule has 2 bridgehead atoms. The first-order valence-corrected chi connectivity index (χ1v) is 7.82. The highest BCUT2D eigenvalue weighted by Gasteiger charge is 2.44. The van der Waals surface area contributed by atoms with Gasteiger partial charge in [-0.3, -0.25) is 4.79 Å². The molecule has 2 N–H and O–H groups in total. The number of hydrogen-bond acceptors (Lipinski definition) is 5. The second-order valence-corrected chi connectivity index (χ2v) is 6.11. The zero-order chi connectivity index (χ0) is 16.7. The lowest BCUT2D eigenvalue weighted by Crippen LogP contribution is -2.30. The first kappa shape index (κ1) is 14.8. The van der Waals surface area contributed by atoms with E-state index in [0.717, 1.165) is 19.3 Å². The predicted octanol–water partition coefficient (Wildman–Crippen LogP) is 1.47. The third kappa shape index (κ3) is 2.65. The van der Waals surface area contributed by atoms with E-state index in [2.05, 4.69) is 15.6 Å². The molecule has 1 aromatic heterocycles. The molecule has 2 aliphatic rings. The zero-order valence-electron chi connectivity index (χ0n) is 12.8. The minimum absolute atomic E-state index is 0.0339. The van der Waals surface area contributed by atoms with E-state index in [9.17, 15) is 9.59 Å². The molecule has 124 valence electrons. The normalized spacial score (nSPS) is 24.9. The highest BCUT2D eigenvalue weighted by molar-refractivity contribution is 5.93. The van der Waals surface area contributed by atoms with Gasteiger partial charge in [-0.25, -0.2) is 9.48 Å². The molecule has 1 aromatic carbocycles. The molecule has 2 aliphatic heterocycles. The number of anilines is 1. The molecule has 0 aliphatic carbocycles. The Morgan fingerprint density at radius 1 is 1.33 bits per heavy atom. The van der Waals surface area contributed by atoms with E-state index < -0.39 is 5.97 Å². The van der Waals surface area contributed by atoms with Gasteiger partial charge in [0.15, 0.2) is 5.69 Å². The molecule has 2 aromatic rings. The Kier molecular flexibility index (Phi) is 3.53. The van der Waals surface area contributed by atoms with Gasteiger partial charge in [0.25, 0.3) is 0 Å². The molecular formula is C16H16N4O4. The molecule has 1 amide bonds. The Morgan fingerprint density at radius 2 is 2.21 bits per heavy atom. The molecule has 4 rings (SSSR count). The van der Waals surface area contributed by atoms with Crippen molar-refractivity contribution < 1.29 is 19.4 Å². The zero-order valence-corrected chi connectivity index (χ0v) is 12.8. The van der Waals surface area contributed by atoms with E-state index in [1.807, 2.05) is 0 Å². The van der Waals surface area contributed by atoms with Gasteiger partial charge in [-0.1, -0.05) is 11.3 Å². The van der Waals surface area contributed by atoms with E-state index >= 15 is 0 Å². The summed E-state index contributed by atoms with van der Waals surface area (Å²) in [4.78, 5) is 23.3. The second-order valence-electron chi connectivity index (χ2n) is 6.11. The first-order chi connectivity index (χ1) is 11.6. The first-order valence-electron chi connectivity index (χ1n) is 7.82. The van der Waals surface area contributed by atoms with Crippen LogP contribution < -0.4 is 5.32 Å². The van der Waals surface area contributed by atoms with E-state index in [-0.39, 0.29) is 29.7 Å². The molecular weight excluding hydrogens is 312 g/mol. The highest BCUT2D eigenvalue weighted by Crippen LogP contribution is 2.39. The molecule has 0 spiro atoms. The lowest BCUT2D eigenvalue weighted by Gasteiger charge is -2.18. The maximum atomic E-state index is 12.4. The Hall–Kier alpha value is -2.74. The number of nitrogens with one attached hydrogen (secondary N) is 1. The molecule has 2 fully saturated rings. The molecule has 8 nitrogen and oxygen atoms in total. The summed E-state index contributed by atoms with van der Waals surface area (Å²) in [5.41, 5.74) is 1.12. The van der Waals surface area contributed by atoms with Crippen molar-refractivity contribution in [3.8, 4) is 5.69 Å². The molecule has 3 unspecified atom stereocenters. The van der Waals surface area contributed by atoms with Crippen LogP contribution in [-0.4, -0.2) is 44.2 Å². The van der Waals surface area contributed by atoms with Crippen molar-refractivity contribution in [2.75, 3.05) is 5.32 Å². The van der Waals surface area contributed by atoms with Crippen LogP contribution in [0.3, 0.4) is 0 Å². The number of rotatable bonds is 4. The van der Waals surface area contributed by atoms with Crippen LogP contribution in [0.15, 0.2) is 30.5 Å². The van der Waals surface area contributed by atoms with Gasteiger partial charge in [0.1, 0.15) is 0 Å². The van der Waals surface area contributed by atoms with E-state index in [0.29, 0.717) is 11.4 Å². The molecule has 0 saturated carbocycles. The van der Waals surface area contributed by atoms with Crippen LogP contribution in [0.2, 0.25) is 0 Å².